The van der Waals surface area contributed by atoms with E-state index >= 15 is 0 Å². The van der Waals surface area contributed by atoms with Crippen LogP contribution in [0, 0.1) is 0 Å². The SMILES string of the molecule is Cn1ccnc1CN1CCCCNC(=O)[C@@H]2C[C@@H](CN2C(=O)c2ccc(Oc3ccccc3)o2)N(C(=O)c2ccccc2)CCC1. The number of benzene rings is 2. The van der Waals surface area contributed by atoms with Gasteiger partial charge in [0.1, 0.15) is 17.6 Å². The van der Waals surface area contributed by atoms with E-state index in [9.17, 15) is 14.4 Å². The van der Waals surface area contributed by atoms with E-state index in [1.54, 1.807) is 47.5 Å². The first-order valence-corrected chi connectivity index (χ1v) is 15.9. The maximum absolute atomic E-state index is 14.0. The summed E-state index contributed by atoms with van der Waals surface area (Å²) in [5.74, 6) is 1.07. The quantitative estimate of drug-likeness (QED) is 0.340. The van der Waals surface area contributed by atoms with Gasteiger partial charge in [0.05, 0.1) is 12.6 Å². The molecule has 0 unspecified atom stereocenters. The fraction of sp³-hybridized carbons (Fsp3) is 0.371. The zero-order chi connectivity index (χ0) is 31.9. The molecule has 2 aliphatic heterocycles. The summed E-state index contributed by atoms with van der Waals surface area (Å²) < 4.78 is 13.6. The first-order valence-electron chi connectivity index (χ1n) is 15.9. The lowest BCUT2D eigenvalue weighted by Gasteiger charge is -2.30. The third kappa shape index (κ3) is 7.31. The lowest BCUT2D eigenvalue weighted by Crippen LogP contribution is -2.46. The van der Waals surface area contributed by atoms with Crippen LogP contribution < -0.4 is 10.1 Å². The molecule has 3 amide bonds. The highest BCUT2D eigenvalue weighted by molar-refractivity contribution is 5.97. The Morgan fingerprint density at radius 3 is 2.43 bits per heavy atom. The summed E-state index contributed by atoms with van der Waals surface area (Å²) >= 11 is 0. The first kappa shape index (κ1) is 31.1. The minimum Gasteiger partial charge on any atom is -0.426 e. The van der Waals surface area contributed by atoms with Gasteiger partial charge in [-0.3, -0.25) is 19.3 Å². The minimum absolute atomic E-state index is 0.0770. The average Bonchev–Trinajstić information content (AvgIpc) is 3.83. The number of fused-ring (bicyclic) bond motifs is 2. The van der Waals surface area contributed by atoms with Crippen molar-refractivity contribution in [1.82, 2.24) is 29.6 Å². The molecule has 2 saturated heterocycles. The number of carbonyl (C=O) groups is 3. The largest absolute Gasteiger partial charge is 0.426 e. The highest BCUT2D eigenvalue weighted by atomic mass is 16.6. The number of aryl methyl sites for hydroxylation is 1. The van der Waals surface area contributed by atoms with Crippen LogP contribution in [0.1, 0.15) is 52.4 Å². The van der Waals surface area contributed by atoms with Crippen molar-refractivity contribution in [1.29, 1.82) is 0 Å². The molecule has 0 spiro atoms. The van der Waals surface area contributed by atoms with Gasteiger partial charge in [0, 0.05) is 57.3 Å². The summed E-state index contributed by atoms with van der Waals surface area (Å²) in [6, 6.07) is 20.4. The third-order valence-corrected chi connectivity index (χ3v) is 8.68. The van der Waals surface area contributed by atoms with Crippen molar-refractivity contribution in [2.75, 3.05) is 32.7 Å². The summed E-state index contributed by atoms with van der Waals surface area (Å²) in [5, 5.41) is 3.06. The maximum atomic E-state index is 14.0. The fourth-order valence-electron chi connectivity index (χ4n) is 6.22. The molecule has 1 N–H and O–H groups in total. The summed E-state index contributed by atoms with van der Waals surface area (Å²) in [4.78, 5) is 51.7. The van der Waals surface area contributed by atoms with Crippen LogP contribution in [0.4, 0.5) is 0 Å². The van der Waals surface area contributed by atoms with Crippen LogP contribution in [-0.2, 0) is 18.4 Å². The Morgan fingerprint density at radius 2 is 1.67 bits per heavy atom. The molecule has 2 aliphatic rings. The van der Waals surface area contributed by atoms with E-state index in [0.717, 1.165) is 38.2 Å². The summed E-state index contributed by atoms with van der Waals surface area (Å²) in [6.45, 7) is 3.53. The molecule has 0 aliphatic carbocycles. The lowest BCUT2D eigenvalue weighted by molar-refractivity contribution is -0.124. The van der Waals surface area contributed by atoms with Crippen molar-refractivity contribution in [3.8, 4) is 11.7 Å². The zero-order valence-corrected chi connectivity index (χ0v) is 26.1. The molecule has 2 bridgehead atoms. The van der Waals surface area contributed by atoms with Crippen LogP contribution in [0.25, 0.3) is 0 Å². The number of imidazole rings is 1. The van der Waals surface area contributed by atoms with Crippen molar-refractivity contribution < 1.29 is 23.5 Å². The Kier molecular flexibility index (Phi) is 9.78. The molecular weight excluding hydrogens is 584 g/mol. The molecule has 11 nitrogen and oxygen atoms in total. The van der Waals surface area contributed by atoms with E-state index in [4.69, 9.17) is 9.15 Å². The van der Waals surface area contributed by atoms with Gasteiger partial charge in [0.25, 0.3) is 17.8 Å². The predicted molar refractivity (Wildman–Crippen MR) is 171 cm³/mol. The number of furan rings is 1. The molecule has 240 valence electrons. The molecule has 2 atom stereocenters. The average molecular weight is 625 g/mol. The molecular formula is C35H40N6O5. The standard InChI is InChI=1S/C35H40N6O5/c1-38-22-18-36-31(38)25-39-19-9-8-17-37-33(42)29-23-27(40(21-10-20-39)34(43)26-11-4-2-5-12-26)24-41(29)35(44)30-15-16-32(46-30)45-28-13-6-3-7-14-28/h2-7,11-16,18,22,27,29H,8-10,17,19-21,23-25H2,1H3,(H,37,42)/t27-,29-/m0/s1. The van der Waals surface area contributed by atoms with Crippen molar-refractivity contribution >= 4 is 17.7 Å². The van der Waals surface area contributed by atoms with Crippen molar-refractivity contribution in [2.45, 2.75) is 44.3 Å². The molecule has 4 heterocycles. The molecule has 4 aromatic rings. The molecule has 0 saturated carbocycles. The summed E-state index contributed by atoms with van der Waals surface area (Å²) in [7, 11) is 1.99. The van der Waals surface area contributed by atoms with Crippen molar-refractivity contribution in [3.05, 3.63) is 102 Å². The molecule has 2 aromatic carbocycles. The monoisotopic (exact) mass is 624 g/mol. The van der Waals surface area contributed by atoms with Gasteiger partial charge in [0.15, 0.2) is 5.76 Å². The van der Waals surface area contributed by atoms with Crippen molar-refractivity contribution in [2.24, 2.45) is 7.05 Å². The summed E-state index contributed by atoms with van der Waals surface area (Å²) in [5.41, 5.74) is 0.577. The van der Waals surface area contributed by atoms with E-state index in [1.807, 2.05) is 59.1 Å². The Hall–Kier alpha value is -4.90. The second kappa shape index (κ2) is 14.5. The fourth-order valence-corrected chi connectivity index (χ4v) is 6.22. The maximum Gasteiger partial charge on any atom is 0.290 e. The first-order chi connectivity index (χ1) is 22.5. The lowest BCUT2D eigenvalue weighted by atomic mass is 10.1. The van der Waals surface area contributed by atoms with Crippen molar-refractivity contribution in [3.63, 3.8) is 0 Å². The minimum atomic E-state index is -0.741. The highest BCUT2D eigenvalue weighted by Crippen LogP contribution is 2.29. The topological polar surface area (TPSA) is 113 Å². The van der Waals surface area contributed by atoms with E-state index in [2.05, 4.69) is 15.2 Å². The molecule has 0 radical (unpaired) electrons. The number of para-hydroxylation sites is 1. The van der Waals surface area contributed by atoms with Crippen LogP contribution in [0.15, 0.2) is 89.6 Å². The number of hydrogen-bond donors (Lipinski definition) is 1. The number of nitrogens with zero attached hydrogens (tertiary/aromatic N) is 5. The second-order valence-corrected chi connectivity index (χ2v) is 11.8. The third-order valence-electron chi connectivity index (χ3n) is 8.68. The van der Waals surface area contributed by atoms with E-state index < -0.39 is 11.9 Å². The molecule has 11 heteroatoms. The number of hydrogen-bond acceptors (Lipinski definition) is 7. The van der Waals surface area contributed by atoms with Crippen LogP contribution in [0.5, 0.6) is 11.7 Å². The Bertz CT molecular complexity index is 1620. The predicted octanol–water partition coefficient (Wildman–Crippen LogP) is 4.33. The molecule has 46 heavy (non-hydrogen) atoms. The summed E-state index contributed by atoms with van der Waals surface area (Å²) in [6.07, 6.45) is 6.52. The van der Waals surface area contributed by atoms with Gasteiger partial charge in [-0.05, 0) is 62.6 Å². The van der Waals surface area contributed by atoms with Gasteiger partial charge < -0.3 is 28.8 Å². The molecule has 6 rings (SSSR count). The van der Waals surface area contributed by atoms with E-state index in [0.29, 0.717) is 37.4 Å². The molecule has 2 fully saturated rings. The van der Waals surface area contributed by atoms with Gasteiger partial charge in [0.2, 0.25) is 5.91 Å². The number of ether oxygens (including phenoxy) is 1. The van der Waals surface area contributed by atoms with Crippen LogP contribution >= 0.6 is 0 Å². The number of amides is 3. The Labute approximate surface area is 268 Å². The van der Waals surface area contributed by atoms with E-state index in [-0.39, 0.29) is 36.1 Å². The van der Waals surface area contributed by atoms with Gasteiger partial charge in [-0.25, -0.2) is 4.98 Å². The number of aromatic nitrogens is 2. The number of rotatable bonds is 6. The smallest absolute Gasteiger partial charge is 0.290 e. The zero-order valence-electron chi connectivity index (χ0n) is 26.1. The molecule has 2 aromatic heterocycles. The van der Waals surface area contributed by atoms with Gasteiger partial charge >= 0.3 is 0 Å². The number of carbonyl (C=O) groups excluding carboxylic acids is 3. The van der Waals surface area contributed by atoms with Crippen LogP contribution in [0.3, 0.4) is 0 Å². The highest BCUT2D eigenvalue weighted by Gasteiger charge is 2.44. The van der Waals surface area contributed by atoms with Crippen LogP contribution in [-0.4, -0.2) is 86.8 Å². The van der Waals surface area contributed by atoms with E-state index in [1.165, 1.54) is 0 Å². The Morgan fingerprint density at radius 1 is 0.913 bits per heavy atom. The van der Waals surface area contributed by atoms with Crippen LogP contribution in [0.2, 0.25) is 0 Å². The number of likely N-dealkylation sites (tertiary alicyclic amines) is 1. The van der Waals surface area contributed by atoms with Gasteiger partial charge in [-0.2, -0.15) is 0 Å². The second-order valence-electron chi connectivity index (χ2n) is 11.8. The Balaban J connectivity index is 1.24. The number of nitrogens with one attached hydrogen (secondary N) is 1. The van der Waals surface area contributed by atoms with Gasteiger partial charge in [-0.15, -0.1) is 0 Å². The normalized spacial score (nSPS) is 19.8. The van der Waals surface area contributed by atoms with Gasteiger partial charge in [-0.1, -0.05) is 36.4 Å².